The Kier molecular flexibility index (Phi) is 5.88. The summed E-state index contributed by atoms with van der Waals surface area (Å²) in [5.41, 5.74) is 2.11. The number of nitrogens with one attached hydrogen (secondary N) is 2. The molecule has 110 valence electrons. The molecule has 0 amide bonds. The number of hydrogen-bond donors (Lipinski definition) is 2. The highest BCUT2D eigenvalue weighted by Crippen LogP contribution is 2.31. The van der Waals surface area contributed by atoms with Crippen LogP contribution >= 0.6 is 23.8 Å². The number of halogens is 1. The maximum absolute atomic E-state index is 6.09. The number of rotatable bonds is 5. The van der Waals surface area contributed by atoms with Crippen LogP contribution in [0.2, 0.25) is 5.02 Å². The summed E-state index contributed by atoms with van der Waals surface area (Å²) in [4.78, 5) is 2.36. The predicted octanol–water partition coefficient (Wildman–Crippen LogP) is 2.87. The quantitative estimate of drug-likeness (QED) is 0.646. The molecule has 1 aromatic carbocycles. The van der Waals surface area contributed by atoms with E-state index in [4.69, 9.17) is 28.6 Å². The molecule has 0 aliphatic carbocycles. The summed E-state index contributed by atoms with van der Waals surface area (Å²) >= 11 is 11.4. The number of thiocarbonyl (C=S) groups is 1. The van der Waals surface area contributed by atoms with Crippen LogP contribution in [0, 0.1) is 0 Å². The minimum absolute atomic E-state index is 0.588. The molecule has 1 fully saturated rings. The van der Waals surface area contributed by atoms with Crippen LogP contribution in [0.5, 0.6) is 0 Å². The first-order valence-corrected chi connectivity index (χ1v) is 7.57. The molecule has 1 saturated heterocycles. The Morgan fingerprint density at radius 3 is 2.85 bits per heavy atom. The van der Waals surface area contributed by atoms with Gasteiger partial charge in [0.1, 0.15) is 0 Å². The minimum Gasteiger partial charge on any atom is -0.383 e. The van der Waals surface area contributed by atoms with Gasteiger partial charge in [-0.1, -0.05) is 11.6 Å². The van der Waals surface area contributed by atoms with E-state index in [0.29, 0.717) is 23.3 Å². The molecule has 0 saturated carbocycles. The summed E-state index contributed by atoms with van der Waals surface area (Å²) in [6.45, 7) is 3.47. The summed E-state index contributed by atoms with van der Waals surface area (Å²) in [7, 11) is 1.67. The van der Waals surface area contributed by atoms with Gasteiger partial charge in [-0.25, -0.2) is 0 Å². The molecule has 2 N–H and O–H groups in total. The molecule has 2 rings (SSSR count). The molecule has 1 heterocycles. The van der Waals surface area contributed by atoms with E-state index in [1.165, 1.54) is 12.8 Å². The van der Waals surface area contributed by atoms with Gasteiger partial charge in [0.25, 0.3) is 0 Å². The number of nitrogens with zero attached hydrogens (tertiary/aromatic N) is 1. The average molecular weight is 314 g/mol. The third-order valence-electron chi connectivity index (χ3n) is 3.25. The number of ether oxygens (including phenoxy) is 1. The van der Waals surface area contributed by atoms with Gasteiger partial charge in [-0.05, 0) is 43.3 Å². The van der Waals surface area contributed by atoms with Crippen LogP contribution in [0.1, 0.15) is 12.8 Å². The van der Waals surface area contributed by atoms with Gasteiger partial charge in [0.15, 0.2) is 5.11 Å². The molecule has 1 aliphatic rings. The highest BCUT2D eigenvalue weighted by molar-refractivity contribution is 7.80. The number of hydrogen-bond acceptors (Lipinski definition) is 3. The second kappa shape index (κ2) is 7.67. The Bertz CT molecular complexity index is 464. The molecule has 0 atom stereocenters. The van der Waals surface area contributed by atoms with E-state index in [-0.39, 0.29) is 0 Å². The van der Waals surface area contributed by atoms with Crippen LogP contribution in [0.15, 0.2) is 18.2 Å². The van der Waals surface area contributed by atoms with Crippen LogP contribution in [0.4, 0.5) is 11.4 Å². The molecule has 0 radical (unpaired) electrons. The Morgan fingerprint density at radius 2 is 2.15 bits per heavy atom. The monoisotopic (exact) mass is 313 g/mol. The van der Waals surface area contributed by atoms with Crippen LogP contribution in [0.3, 0.4) is 0 Å². The third-order valence-corrected chi connectivity index (χ3v) is 3.73. The van der Waals surface area contributed by atoms with Gasteiger partial charge < -0.3 is 20.3 Å². The Balaban J connectivity index is 2.05. The fraction of sp³-hybridized carbons (Fsp3) is 0.500. The van der Waals surface area contributed by atoms with Gasteiger partial charge >= 0.3 is 0 Å². The van der Waals surface area contributed by atoms with Gasteiger partial charge in [0.2, 0.25) is 0 Å². The van der Waals surface area contributed by atoms with E-state index < -0.39 is 0 Å². The van der Waals surface area contributed by atoms with E-state index in [0.717, 1.165) is 24.5 Å². The van der Waals surface area contributed by atoms with Crippen molar-refractivity contribution in [2.75, 3.05) is 43.6 Å². The van der Waals surface area contributed by atoms with Crippen molar-refractivity contribution in [2.45, 2.75) is 12.8 Å². The Hall–Kier alpha value is -1.04. The second-order valence-corrected chi connectivity index (χ2v) is 5.57. The SMILES string of the molecule is COCCNC(=S)Nc1cc(Cl)ccc1N1CCCC1. The van der Waals surface area contributed by atoms with Gasteiger partial charge in [-0.3, -0.25) is 0 Å². The predicted molar refractivity (Wildman–Crippen MR) is 89.0 cm³/mol. The molecule has 20 heavy (non-hydrogen) atoms. The van der Waals surface area contributed by atoms with Crippen molar-refractivity contribution >= 4 is 40.3 Å². The fourth-order valence-electron chi connectivity index (χ4n) is 2.28. The van der Waals surface area contributed by atoms with Crippen molar-refractivity contribution in [3.05, 3.63) is 23.2 Å². The van der Waals surface area contributed by atoms with Crippen molar-refractivity contribution in [3.8, 4) is 0 Å². The first-order valence-electron chi connectivity index (χ1n) is 6.79. The molecular formula is C14H20ClN3OS. The third kappa shape index (κ3) is 4.23. The van der Waals surface area contributed by atoms with Gasteiger partial charge in [-0.2, -0.15) is 0 Å². The van der Waals surface area contributed by atoms with Gasteiger partial charge in [-0.15, -0.1) is 0 Å². The first kappa shape index (κ1) is 15.4. The zero-order valence-electron chi connectivity index (χ0n) is 11.6. The summed E-state index contributed by atoms with van der Waals surface area (Å²) < 4.78 is 4.99. The average Bonchev–Trinajstić information content (AvgIpc) is 2.93. The van der Waals surface area contributed by atoms with E-state index in [1.54, 1.807) is 7.11 Å². The molecule has 0 unspecified atom stereocenters. The van der Waals surface area contributed by atoms with E-state index in [1.807, 2.05) is 18.2 Å². The smallest absolute Gasteiger partial charge is 0.170 e. The highest BCUT2D eigenvalue weighted by Gasteiger charge is 2.16. The van der Waals surface area contributed by atoms with E-state index in [2.05, 4.69) is 15.5 Å². The standard InChI is InChI=1S/C14H20ClN3OS/c1-19-9-6-16-14(20)17-12-10-11(15)4-5-13(12)18-7-2-3-8-18/h4-5,10H,2-3,6-9H2,1H3,(H2,16,17,20). The lowest BCUT2D eigenvalue weighted by molar-refractivity contribution is 0.204. The summed E-state index contributed by atoms with van der Waals surface area (Å²) in [6, 6.07) is 5.88. The van der Waals surface area contributed by atoms with Crippen molar-refractivity contribution in [2.24, 2.45) is 0 Å². The molecule has 1 aromatic rings. The summed E-state index contributed by atoms with van der Waals surface area (Å²) in [6.07, 6.45) is 2.47. The Labute approximate surface area is 130 Å². The second-order valence-electron chi connectivity index (χ2n) is 4.73. The topological polar surface area (TPSA) is 36.5 Å². The van der Waals surface area contributed by atoms with Crippen LogP contribution < -0.4 is 15.5 Å². The van der Waals surface area contributed by atoms with Crippen LogP contribution in [0.25, 0.3) is 0 Å². The molecule has 4 nitrogen and oxygen atoms in total. The van der Waals surface area contributed by atoms with Gasteiger partial charge in [0.05, 0.1) is 18.0 Å². The molecular weight excluding hydrogens is 294 g/mol. The number of anilines is 2. The normalized spacial score (nSPS) is 14.4. The first-order chi connectivity index (χ1) is 9.70. The maximum Gasteiger partial charge on any atom is 0.170 e. The molecule has 0 spiro atoms. The molecule has 6 heteroatoms. The van der Waals surface area contributed by atoms with Crippen LogP contribution in [-0.4, -0.2) is 38.5 Å². The zero-order chi connectivity index (χ0) is 14.4. The largest absolute Gasteiger partial charge is 0.383 e. The lowest BCUT2D eigenvalue weighted by Gasteiger charge is -2.22. The van der Waals surface area contributed by atoms with Crippen molar-refractivity contribution in [3.63, 3.8) is 0 Å². The minimum atomic E-state index is 0.588. The van der Waals surface area contributed by atoms with Gasteiger partial charge in [0, 0.05) is 31.8 Å². The van der Waals surface area contributed by atoms with Crippen LogP contribution in [-0.2, 0) is 4.74 Å². The zero-order valence-corrected chi connectivity index (χ0v) is 13.2. The van der Waals surface area contributed by atoms with E-state index >= 15 is 0 Å². The fourth-order valence-corrected chi connectivity index (χ4v) is 2.66. The number of benzene rings is 1. The Morgan fingerprint density at radius 1 is 1.40 bits per heavy atom. The summed E-state index contributed by atoms with van der Waals surface area (Å²) in [5.74, 6) is 0. The highest BCUT2D eigenvalue weighted by atomic mass is 35.5. The number of methoxy groups -OCH3 is 1. The lowest BCUT2D eigenvalue weighted by Crippen LogP contribution is -2.32. The lowest BCUT2D eigenvalue weighted by atomic mass is 10.2. The summed E-state index contributed by atoms with van der Waals surface area (Å²) in [5, 5.41) is 7.62. The molecule has 0 bridgehead atoms. The van der Waals surface area contributed by atoms with Crippen molar-refractivity contribution in [1.29, 1.82) is 0 Å². The molecule has 0 aromatic heterocycles. The maximum atomic E-state index is 6.09. The van der Waals surface area contributed by atoms with Crippen molar-refractivity contribution in [1.82, 2.24) is 5.32 Å². The van der Waals surface area contributed by atoms with Crippen molar-refractivity contribution < 1.29 is 4.74 Å². The van der Waals surface area contributed by atoms with E-state index in [9.17, 15) is 0 Å². The molecule has 1 aliphatic heterocycles.